The molecule has 0 saturated heterocycles. The van der Waals surface area contributed by atoms with Crippen molar-refractivity contribution in [2.75, 3.05) is 7.11 Å². The Morgan fingerprint density at radius 3 is 2.28 bits per heavy atom. The second kappa shape index (κ2) is 6.53. The van der Waals surface area contributed by atoms with Gasteiger partial charge in [-0.25, -0.2) is 0 Å². The molecule has 1 aliphatic carbocycles. The summed E-state index contributed by atoms with van der Waals surface area (Å²) in [5, 5.41) is 0. The Balaban J connectivity index is 2.32. The first kappa shape index (κ1) is 15.4. The Labute approximate surface area is 110 Å². The third kappa shape index (κ3) is 5.36. The predicted molar refractivity (Wildman–Crippen MR) is 71.2 cm³/mol. The smallest absolute Gasteiger partial charge is 0.323 e. The van der Waals surface area contributed by atoms with Crippen LogP contribution in [0.15, 0.2) is 0 Å². The fourth-order valence-electron chi connectivity index (χ4n) is 2.44. The summed E-state index contributed by atoms with van der Waals surface area (Å²) in [5.41, 5.74) is 5.46. The van der Waals surface area contributed by atoms with Gasteiger partial charge < -0.3 is 15.2 Å². The SMILES string of the molecule is COC1CCC(CC(N)C(=O)OC(C)(C)C)CC1. The highest BCUT2D eigenvalue weighted by atomic mass is 16.6. The van der Waals surface area contributed by atoms with Crippen molar-refractivity contribution in [3.05, 3.63) is 0 Å². The summed E-state index contributed by atoms with van der Waals surface area (Å²) in [6.07, 6.45) is 5.44. The lowest BCUT2D eigenvalue weighted by molar-refractivity contribution is -0.157. The van der Waals surface area contributed by atoms with Crippen molar-refractivity contribution in [2.45, 2.75) is 70.6 Å². The molecule has 1 rings (SSSR count). The minimum absolute atomic E-state index is 0.281. The molecule has 1 fully saturated rings. The van der Waals surface area contributed by atoms with Crippen LogP contribution in [0.4, 0.5) is 0 Å². The molecule has 1 unspecified atom stereocenters. The first-order valence-electron chi connectivity index (χ1n) is 6.83. The van der Waals surface area contributed by atoms with Crippen molar-refractivity contribution < 1.29 is 14.3 Å². The lowest BCUT2D eigenvalue weighted by atomic mass is 9.83. The molecule has 0 bridgehead atoms. The molecule has 4 nitrogen and oxygen atoms in total. The molecular weight excluding hydrogens is 230 g/mol. The molecule has 1 saturated carbocycles. The first-order valence-corrected chi connectivity index (χ1v) is 6.83. The van der Waals surface area contributed by atoms with Gasteiger partial charge in [-0.2, -0.15) is 0 Å². The molecule has 1 aliphatic rings. The van der Waals surface area contributed by atoms with Gasteiger partial charge in [-0.05, 0) is 58.8 Å². The van der Waals surface area contributed by atoms with Crippen molar-refractivity contribution in [1.29, 1.82) is 0 Å². The normalized spacial score (nSPS) is 26.7. The summed E-state index contributed by atoms with van der Waals surface area (Å²) < 4.78 is 10.6. The van der Waals surface area contributed by atoms with Crippen molar-refractivity contribution in [1.82, 2.24) is 0 Å². The van der Waals surface area contributed by atoms with E-state index in [0.717, 1.165) is 32.1 Å². The van der Waals surface area contributed by atoms with Crippen LogP contribution in [0.2, 0.25) is 0 Å². The molecule has 0 spiro atoms. The summed E-state index contributed by atoms with van der Waals surface area (Å²) in [6.45, 7) is 5.59. The summed E-state index contributed by atoms with van der Waals surface area (Å²) in [7, 11) is 1.76. The van der Waals surface area contributed by atoms with E-state index in [-0.39, 0.29) is 5.97 Å². The number of carbonyl (C=O) groups is 1. The standard InChI is InChI=1S/C14H27NO3/c1-14(2,3)18-13(16)12(15)9-10-5-7-11(17-4)8-6-10/h10-12H,5-9,15H2,1-4H3. The molecule has 106 valence electrons. The van der Waals surface area contributed by atoms with Crippen LogP contribution in [0.5, 0.6) is 0 Å². The van der Waals surface area contributed by atoms with E-state index in [4.69, 9.17) is 15.2 Å². The minimum atomic E-state index is -0.492. The fraction of sp³-hybridized carbons (Fsp3) is 0.929. The number of carbonyl (C=O) groups excluding carboxylic acids is 1. The van der Waals surface area contributed by atoms with E-state index in [9.17, 15) is 4.79 Å². The maximum absolute atomic E-state index is 11.8. The van der Waals surface area contributed by atoms with Crippen LogP contribution >= 0.6 is 0 Å². The van der Waals surface area contributed by atoms with Gasteiger partial charge in [-0.3, -0.25) is 4.79 Å². The van der Waals surface area contributed by atoms with Gasteiger partial charge in [0.05, 0.1) is 6.10 Å². The lowest BCUT2D eigenvalue weighted by Crippen LogP contribution is -2.39. The topological polar surface area (TPSA) is 61.5 Å². The minimum Gasteiger partial charge on any atom is -0.459 e. The van der Waals surface area contributed by atoms with E-state index < -0.39 is 11.6 Å². The number of esters is 1. The Hall–Kier alpha value is -0.610. The van der Waals surface area contributed by atoms with Crippen LogP contribution in [0.3, 0.4) is 0 Å². The highest BCUT2D eigenvalue weighted by Gasteiger charge is 2.27. The van der Waals surface area contributed by atoms with Gasteiger partial charge in [-0.1, -0.05) is 0 Å². The Kier molecular flexibility index (Phi) is 5.60. The number of ether oxygens (including phenoxy) is 2. The molecule has 0 aromatic heterocycles. The van der Waals surface area contributed by atoms with Crippen LogP contribution in [0, 0.1) is 5.92 Å². The van der Waals surface area contributed by atoms with Gasteiger partial charge in [0.25, 0.3) is 0 Å². The quantitative estimate of drug-likeness (QED) is 0.785. The number of hydrogen-bond donors (Lipinski definition) is 1. The van der Waals surface area contributed by atoms with Gasteiger partial charge in [0.1, 0.15) is 11.6 Å². The second-order valence-corrected chi connectivity index (χ2v) is 6.25. The lowest BCUT2D eigenvalue weighted by Gasteiger charge is -2.29. The molecule has 18 heavy (non-hydrogen) atoms. The third-order valence-electron chi connectivity index (χ3n) is 3.42. The van der Waals surface area contributed by atoms with E-state index >= 15 is 0 Å². The van der Waals surface area contributed by atoms with E-state index in [1.165, 1.54) is 0 Å². The summed E-state index contributed by atoms with van der Waals surface area (Å²) in [6, 6.07) is -0.492. The first-order chi connectivity index (χ1) is 8.31. The van der Waals surface area contributed by atoms with Gasteiger partial charge in [-0.15, -0.1) is 0 Å². The number of rotatable bonds is 4. The summed E-state index contributed by atoms with van der Waals surface area (Å²) in [4.78, 5) is 11.8. The Bertz CT molecular complexity index is 265. The highest BCUT2D eigenvalue weighted by Crippen LogP contribution is 2.29. The van der Waals surface area contributed by atoms with Crippen LogP contribution in [0.1, 0.15) is 52.9 Å². The maximum Gasteiger partial charge on any atom is 0.323 e. The monoisotopic (exact) mass is 257 g/mol. The third-order valence-corrected chi connectivity index (χ3v) is 3.42. The molecule has 1 atom stereocenters. The van der Waals surface area contributed by atoms with E-state index in [1.54, 1.807) is 7.11 Å². The van der Waals surface area contributed by atoms with Gasteiger partial charge in [0.15, 0.2) is 0 Å². The van der Waals surface area contributed by atoms with Gasteiger partial charge in [0.2, 0.25) is 0 Å². The molecule has 0 amide bonds. The van der Waals surface area contributed by atoms with E-state index in [2.05, 4.69) is 0 Å². The van der Waals surface area contributed by atoms with Crippen LogP contribution in [-0.4, -0.2) is 30.8 Å². The van der Waals surface area contributed by atoms with Crippen molar-refractivity contribution in [3.8, 4) is 0 Å². The zero-order chi connectivity index (χ0) is 13.8. The molecule has 0 heterocycles. The van der Waals surface area contributed by atoms with Crippen molar-refractivity contribution >= 4 is 5.97 Å². The molecule has 0 aromatic rings. The fourth-order valence-corrected chi connectivity index (χ4v) is 2.44. The average molecular weight is 257 g/mol. The average Bonchev–Trinajstić information content (AvgIpc) is 2.27. The molecule has 0 aliphatic heterocycles. The Morgan fingerprint density at radius 1 is 1.28 bits per heavy atom. The number of hydrogen-bond acceptors (Lipinski definition) is 4. The molecule has 2 N–H and O–H groups in total. The molecule has 4 heteroatoms. The molecular formula is C14H27NO3. The van der Waals surface area contributed by atoms with Crippen molar-refractivity contribution in [2.24, 2.45) is 11.7 Å². The second-order valence-electron chi connectivity index (χ2n) is 6.25. The van der Waals surface area contributed by atoms with Crippen LogP contribution in [-0.2, 0) is 14.3 Å². The van der Waals surface area contributed by atoms with Crippen LogP contribution in [0.25, 0.3) is 0 Å². The van der Waals surface area contributed by atoms with Crippen molar-refractivity contribution in [3.63, 3.8) is 0 Å². The molecule has 0 radical (unpaired) electrons. The summed E-state index contributed by atoms with van der Waals surface area (Å²) in [5.74, 6) is 0.246. The number of methoxy groups -OCH3 is 1. The predicted octanol–water partition coefficient (Wildman–Crippen LogP) is 2.25. The maximum atomic E-state index is 11.8. The van der Waals surface area contributed by atoms with E-state index in [1.807, 2.05) is 20.8 Å². The molecule has 0 aromatic carbocycles. The van der Waals surface area contributed by atoms with Gasteiger partial charge in [0, 0.05) is 7.11 Å². The largest absolute Gasteiger partial charge is 0.459 e. The van der Waals surface area contributed by atoms with E-state index in [0.29, 0.717) is 12.0 Å². The zero-order valence-electron chi connectivity index (χ0n) is 12.1. The van der Waals surface area contributed by atoms with Gasteiger partial charge >= 0.3 is 5.97 Å². The zero-order valence-corrected chi connectivity index (χ0v) is 12.1. The highest BCUT2D eigenvalue weighted by molar-refractivity contribution is 5.75. The number of nitrogens with two attached hydrogens (primary N) is 1. The Morgan fingerprint density at radius 2 is 1.83 bits per heavy atom. The summed E-state index contributed by atoms with van der Waals surface area (Å²) >= 11 is 0. The van der Waals surface area contributed by atoms with Crippen LogP contribution < -0.4 is 5.73 Å².